The number of nitrogens with one attached hydrogen (secondary N) is 2. The molecule has 2 N–H and O–H groups in total. The molecule has 3 aliphatic heterocycles. The number of hydrogen-bond acceptors (Lipinski definition) is 5. The number of alkyl halides is 1. The first-order valence-electron chi connectivity index (χ1n) is 9.26. The van der Waals surface area contributed by atoms with Crippen LogP contribution in [0.3, 0.4) is 0 Å². The summed E-state index contributed by atoms with van der Waals surface area (Å²) in [5.74, 6) is -0.896. The highest BCUT2D eigenvalue weighted by molar-refractivity contribution is 6.05. The predicted octanol–water partition coefficient (Wildman–Crippen LogP) is 0.189. The van der Waals surface area contributed by atoms with E-state index in [0.29, 0.717) is 38.2 Å². The quantitative estimate of drug-likeness (QED) is 0.736. The monoisotopic (exact) mass is 374 g/mol. The van der Waals surface area contributed by atoms with Crippen molar-refractivity contribution >= 4 is 17.7 Å². The number of likely N-dealkylation sites (N-methyl/N-ethyl adjacent to an activating group) is 1. The molecule has 4 rings (SSSR count). The summed E-state index contributed by atoms with van der Waals surface area (Å²) in [7, 11) is 1.89. The molecule has 3 aliphatic rings. The van der Waals surface area contributed by atoms with Crippen LogP contribution in [0, 0.1) is 0 Å². The lowest BCUT2D eigenvalue weighted by atomic mass is 10.0. The van der Waals surface area contributed by atoms with Crippen LogP contribution in [0.2, 0.25) is 0 Å². The van der Waals surface area contributed by atoms with Crippen molar-refractivity contribution in [2.24, 2.45) is 0 Å². The van der Waals surface area contributed by atoms with Crippen molar-refractivity contribution in [2.45, 2.75) is 44.2 Å². The molecule has 7 nitrogen and oxygen atoms in total. The number of fused-ring (bicyclic) bond motifs is 1. The van der Waals surface area contributed by atoms with Crippen LogP contribution in [0.25, 0.3) is 0 Å². The number of imide groups is 1. The van der Waals surface area contributed by atoms with Gasteiger partial charge in [-0.1, -0.05) is 12.1 Å². The lowest BCUT2D eigenvalue weighted by Gasteiger charge is -2.29. The summed E-state index contributed by atoms with van der Waals surface area (Å²) in [4.78, 5) is 39.9. The van der Waals surface area contributed by atoms with Gasteiger partial charge in [0.25, 0.3) is 5.91 Å². The minimum atomic E-state index is -0.909. The molecular formula is C19H23FN4O3. The first kappa shape index (κ1) is 18.1. The maximum atomic E-state index is 14.0. The molecule has 0 saturated carbocycles. The summed E-state index contributed by atoms with van der Waals surface area (Å²) in [5.41, 5.74) is 2.45. The van der Waals surface area contributed by atoms with E-state index < -0.39 is 18.1 Å². The number of carbonyl (C=O) groups excluding carboxylic acids is 3. The second kappa shape index (κ2) is 7.01. The van der Waals surface area contributed by atoms with Gasteiger partial charge in [0.15, 0.2) is 0 Å². The standard InChI is InChI=1S/C19H23FN4O3/c1-23(16-8-21-7-14(16)20)9-11-3-2-4-12-13(11)10-24(19(12)27)15-5-6-17(25)22-18(15)26/h2-4,14-16,21H,5-10H2,1H3,(H,22,25,26). The van der Waals surface area contributed by atoms with Crippen LogP contribution in [-0.2, 0) is 22.7 Å². The Morgan fingerprint density at radius 1 is 1.26 bits per heavy atom. The lowest BCUT2D eigenvalue weighted by molar-refractivity contribution is -0.136. The number of hydrogen-bond donors (Lipinski definition) is 2. The molecule has 1 aromatic carbocycles. The van der Waals surface area contributed by atoms with Gasteiger partial charge in [0, 0.05) is 38.2 Å². The van der Waals surface area contributed by atoms with Gasteiger partial charge in [-0.3, -0.25) is 24.6 Å². The van der Waals surface area contributed by atoms with Crippen molar-refractivity contribution in [1.29, 1.82) is 0 Å². The normalized spacial score (nSPS) is 28.0. The molecule has 2 fully saturated rings. The van der Waals surface area contributed by atoms with Crippen molar-refractivity contribution in [3.63, 3.8) is 0 Å². The minimum absolute atomic E-state index is 0.185. The fourth-order valence-corrected chi connectivity index (χ4v) is 4.25. The number of rotatable bonds is 4. The van der Waals surface area contributed by atoms with Crippen LogP contribution in [0.1, 0.15) is 34.3 Å². The Labute approximate surface area is 156 Å². The Balaban J connectivity index is 1.54. The average molecular weight is 374 g/mol. The fourth-order valence-electron chi connectivity index (χ4n) is 4.25. The summed E-state index contributed by atoms with van der Waals surface area (Å²) in [6, 6.07) is 4.73. The largest absolute Gasteiger partial charge is 0.322 e. The minimum Gasteiger partial charge on any atom is -0.322 e. The van der Waals surface area contributed by atoms with Crippen LogP contribution in [0.4, 0.5) is 4.39 Å². The Bertz CT molecular complexity index is 799. The third kappa shape index (κ3) is 3.23. The van der Waals surface area contributed by atoms with E-state index in [-0.39, 0.29) is 24.3 Å². The van der Waals surface area contributed by atoms with Gasteiger partial charge in [0.05, 0.1) is 6.04 Å². The zero-order valence-corrected chi connectivity index (χ0v) is 15.2. The van der Waals surface area contributed by atoms with E-state index in [1.807, 2.05) is 24.1 Å². The van der Waals surface area contributed by atoms with Gasteiger partial charge in [-0.15, -0.1) is 0 Å². The van der Waals surface area contributed by atoms with E-state index in [0.717, 1.165) is 11.1 Å². The molecule has 0 bridgehead atoms. The maximum absolute atomic E-state index is 14.0. The lowest BCUT2D eigenvalue weighted by Crippen LogP contribution is -2.52. The van der Waals surface area contributed by atoms with Crippen LogP contribution < -0.4 is 10.6 Å². The Morgan fingerprint density at radius 3 is 2.78 bits per heavy atom. The highest BCUT2D eigenvalue weighted by Gasteiger charge is 2.40. The van der Waals surface area contributed by atoms with E-state index in [1.165, 1.54) is 0 Å². The van der Waals surface area contributed by atoms with Crippen molar-refractivity contribution in [3.05, 3.63) is 34.9 Å². The van der Waals surface area contributed by atoms with Gasteiger partial charge >= 0.3 is 0 Å². The molecule has 3 atom stereocenters. The van der Waals surface area contributed by atoms with Crippen LogP contribution in [0.15, 0.2) is 18.2 Å². The maximum Gasteiger partial charge on any atom is 0.255 e. The van der Waals surface area contributed by atoms with E-state index in [1.54, 1.807) is 11.0 Å². The van der Waals surface area contributed by atoms with E-state index in [2.05, 4.69) is 10.6 Å². The Kier molecular flexibility index (Phi) is 4.69. The van der Waals surface area contributed by atoms with Crippen LogP contribution in [-0.4, -0.2) is 65.9 Å². The molecule has 27 heavy (non-hydrogen) atoms. The third-order valence-corrected chi connectivity index (χ3v) is 5.78. The van der Waals surface area contributed by atoms with Crippen LogP contribution in [0.5, 0.6) is 0 Å². The molecule has 3 unspecified atom stereocenters. The van der Waals surface area contributed by atoms with E-state index in [9.17, 15) is 18.8 Å². The average Bonchev–Trinajstić information content (AvgIpc) is 3.20. The molecule has 1 aromatic rings. The zero-order valence-electron chi connectivity index (χ0n) is 15.2. The van der Waals surface area contributed by atoms with Crippen LogP contribution >= 0.6 is 0 Å². The summed E-state index contributed by atoms with van der Waals surface area (Å²) in [6.45, 7) is 1.84. The van der Waals surface area contributed by atoms with Gasteiger partial charge in [0.2, 0.25) is 11.8 Å². The number of benzene rings is 1. The second-order valence-electron chi connectivity index (χ2n) is 7.50. The number of piperidine rings is 1. The van der Waals surface area contributed by atoms with Gasteiger partial charge in [-0.05, 0) is 30.7 Å². The van der Waals surface area contributed by atoms with Gasteiger partial charge in [-0.2, -0.15) is 0 Å². The SMILES string of the molecule is CN(Cc1cccc2c1CN(C1CCC(=O)NC1=O)C2=O)C1CNCC1F. The summed E-state index contributed by atoms with van der Waals surface area (Å²) < 4.78 is 14.0. The van der Waals surface area contributed by atoms with E-state index in [4.69, 9.17) is 0 Å². The molecular weight excluding hydrogens is 351 g/mol. The molecule has 2 saturated heterocycles. The molecule has 0 aliphatic carbocycles. The summed E-state index contributed by atoms with van der Waals surface area (Å²) in [6.07, 6.45) is -0.330. The molecule has 0 aromatic heterocycles. The highest BCUT2D eigenvalue weighted by Crippen LogP contribution is 2.30. The van der Waals surface area contributed by atoms with Crippen molar-refractivity contribution in [2.75, 3.05) is 20.1 Å². The number of carbonyl (C=O) groups is 3. The topological polar surface area (TPSA) is 81.8 Å². The number of nitrogens with zero attached hydrogens (tertiary/aromatic N) is 2. The van der Waals surface area contributed by atoms with Crippen molar-refractivity contribution < 1.29 is 18.8 Å². The predicted molar refractivity (Wildman–Crippen MR) is 95.5 cm³/mol. The molecule has 3 amide bonds. The number of halogens is 1. The molecule has 0 radical (unpaired) electrons. The highest BCUT2D eigenvalue weighted by atomic mass is 19.1. The molecule has 3 heterocycles. The zero-order chi connectivity index (χ0) is 19.1. The van der Waals surface area contributed by atoms with Gasteiger partial charge < -0.3 is 10.2 Å². The van der Waals surface area contributed by atoms with Crippen molar-refractivity contribution in [1.82, 2.24) is 20.4 Å². The number of amides is 3. The summed E-state index contributed by atoms with van der Waals surface area (Å²) in [5, 5.41) is 5.37. The molecule has 144 valence electrons. The third-order valence-electron chi connectivity index (χ3n) is 5.78. The Morgan fingerprint density at radius 2 is 2.07 bits per heavy atom. The molecule has 0 spiro atoms. The van der Waals surface area contributed by atoms with E-state index >= 15 is 0 Å². The first-order valence-corrected chi connectivity index (χ1v) is 9.26. The summed E-state index contributed by atoms with van der Waals surface area (Å²) >= 11 is 0. The van der Waals surface area contributed by atoms with Gasteiger partial charge in [-0.25, -0.2) is 4.39 Å². The van der Waals surface area contributed by atoms with Gasteiger partial charge in [0.1, 0.15) is 12.2 Å². The first-order chi connectivity index (χ1) is 13.0. The molecule has 8 heteroatoms. The fraction of sp³-hybridized carbons (Fsp3) is 0.526. The van der Waals surface area contributed by atoms with Crippen molar-refractivity contribution in [3.8, 4) is 0 Å². The second-order valence-corrected chi connectivity index (χ2v) is 7.50. The Hall–Kier alpha value is -2.32. The smallest absolute Gasteiger partial charge is 0.255 e.